The third-order valence-electron chi connectivity index (χ3n) is 8.62. The first-order valence-corrected chi connectivity index (χ1v) is 9.87. The number of hydrogen-bond donors (Lipinski definition) is 1. The SMILES string of the molecule is C=C1C(=C)C23CCC1CC2C1(C)CC(CCO)CC(C)C1CC3=O. The number of Topliss-reactive ketones (excluding diaryl/α,β-unsaturated/α-hetero) is 1. The van der Waals surface area contributed by atoms with Crippen LogP contribution in [0.25, 0.3) is 0 Å². The lowest BCUT2D eigenvalue weighted by Gasteiger charge is -2.66. The maximum Gasteiger partial charge on any atom is 0.143 e. The zero-order valence-electron chi connectivity index (χ0n) is 15.3. The fourth-order valence-corrected chi connectivity index (χ4v) is 7.54. The van der Waals surface area contributed by atoms with Crippen LogP contribution in [0.3, 0.4) is 0 Å². The van der Waals surface area contributed by atoms with Crippen molar-refractivity contribution in [1.29, 1.82) is 0 Å². The first kappa shape index (κ1) is 16.6. The number of aliphatic hydroxyl groups excluding tert-OH is 1. The molecule has 2 bridgehead atoms. The summed E-state index contributed by atoms with van der Waals surface area (Å²) in [7, 11) is 0. The van der Waals surface area contributed by atoms with Crippen molar-refractivity contribution in [2.24, 2.45) is 40.4 Å². The van der Waals surface area contributed by atoms with E-state index in [1.165, 1.54) is 18.4 Å². The molecule has 1 spiro atoms. The van der Waals surface area contributed by atoms with Gasteiger partial charge < -0.3 is 5.11 Å². The largest absolute Gasteiger partial charge is 0.396 e. The Morgan fingerprint density at radius 3 is 2.75 bits per heavy atom. The normalized spacial score (nSPS) is 50.6. The van der Waals surface area contributed by atoms with E-state index < -0.39 is 0 Å². The molecular weight excluding hydrogens is 296 g/mol. The number of ketones is 1. The summed E-state index contributed by atoms with van der Waals surface area (Å²) in [4.78, 5) is 13.4. The molecule has 0 aromatic carbocycles. The van der Waals surface area contributed by atoms with Crippen LogP contribution in [-0.4, -0.2) is 17.5 Å². The summed E-state index contributed by atoms with van der Waals surface area (Å²) in [5.41, 5.74) is 2.16. The van der Waals surface area contributed by atoms with Gasteiger partial charge in [0.05, 0.1) is 5.41 Å². The summed E-state index contributed by atoms with van der Waals surface area (Å²) in [6, 6.07) is 0. The van der Waals surface area contributed by atoms with Crippen molar-refractivity contribution in [2.45, 2.75) is 58.8 Å². The molecule has 5 aliphatic rings. The molecule has 1 N–H and O–H groups in total. The number of aliphatic hydroxyl groups is 1. The van der Waals surface area contributed by atoms with E-state index >= 15 is 0 Å². The molecule has 24 heavy (non-hydrogen) atoms. The second kappa shape index (κ2) is 5.30. The van der Waals surface area contributed by atoms with Crippen molar-refractivity contribution in [3.63, 3.8) is 0 Å². The molecule has 7 atom stereocenters. The van der Waals surface area contributed by atoms with Gasteiger partial charge in [0.15, 0.2) is 0 Å². The van der Waals surface area contributed by atoms with Crippen molar-refractivity contribution >= 4 is 5.78 Å². The monoisotopic (exact) mass is 328 g/mol. The third-order valence-corrected chi connectivity index (χ3v) is 8.62. The Labute approximate surface area is 146 Å². The molecule has 0 saturated heterocycles. The van der Waals surface area contributed by atoms with Gasteiger partial charge in [0.1, 0.15) is 5.78 Å². The minimum absolute atomic E-state index is 0.216. The molecule has 2 heteroatoms. The average molecular weight is 328 g/mol. The first-order valence-electron chi connectivity index (χ1n) is 9.87. The van der Waals surface area contributed by atoms with Crippen LogP contribution in [0.15, 0.2) is 24.3 Å². The van der Waals surface area contributed by atoms with Gasteiger partial charge in [-0.15, -0.1) is 0 Å². The molecule has 5 rings (SSSR count). The molecule has 2 nitrogen and oxygen atoms in total. The molecule has 0 heterocycles. The summed E-state index contributed by atoms with van der Waals surface area (Å²) in [5.74, 6) is 3.15. The molecular formula is C22H32O2. The number of allylic oxidation sites excluding steroid dienone is 2. The molecule has 5 saturated carbocycles. The Hall–Kier alpha value is -0.890. The highest BCUT2D eigenvalue weighted by molar-refractivity contribution is 5.91. The van der Waals surface area contributed by atoms with Gasteiger partial charge in [-0.3, -0.25) is 4.79 Å². The van der Waals surface area contributed by atoms with Gasteiger partial charge in [-0.1, -0.05) is 27.0 Å². The zero-order chi connectivity index (χ0) is 17.3. The highest BCUT2D eigenvalue weighted by Crippen LogP contribution is 2.71. The number of carbonyl (C=O) groups is 1. The zero-order valence-corrected chi connectivity index (χ0v) is 15.3. The van der Waals surface area contributed by atoms with Crippen molar-refractivity contribution in [1.82, 2.24) is 0 Å². The van der Waals surface area contributed by atoms with E-state index in [1.54, 1.807) is 0 Å². The molecule has 0 aromatic heterocycles. The van der Waals surface area contributed by atoms with Crippen LogP contribution in [0.5, 0.6) is 0 Å². The predicted molar refractivity (Wildman–Crippen MR) is 96.4 cm³/mol. The van der Waals surface area contributed by atoms with Crippen molar-refractivity contribution in [3.05, 3.63) is 24.3 Å². The van der Waals surface area contributed by atoms with Crippen LogP contribution in [-0.2, 0) is 4.79 Å². The lowest BCUT2D eigenvalue weighted by molar-refractivity contribution is -0.167. The highest BCUT2D eigenvalue weighted by atomic mass is 16.3. The molecule has 0 amide bonds. The van der Waals surface area contributed by atoms with Crippen LogP contribution >= 0.6 is 0 Å². The van der Waals surface area contributed by atoms with Crippen LogP contribution in [0, 0.1) is 40.4 Å². The smallest absolute Gasteiger partial charge is 0.143 e. The van der Waals surface area contributed by atoms with Crippen molar-refractivity contribution < 1.29 is 9.90 Å². The Morgan fingerprint density at radius 2 is 2.04 bits per heavy atom. The first-order chi connectivity index (χ1) is 11.3. The van der Waals surface area contributed by atoms with E-state index in [0.29, 0.717) is 42.0 Å². The number of rotatable bonds is 2. The molecule has 0 aromatic rings. The number of hydrogen-bond acceptors (Lipinski definition) is 2. The maximum atomic E-state index is 13.4. The van der Waals surface area contributed by atoms with E-state index in [0.717, 1.165) is 37.7 Å². The lowest BCUT2D eigenvalue weighted by atomic mass is 9.36. The van der Waals surface area contributed by atoms with Crippen LogP contribution < -0.4 is 0 Å². The van der Waals surface area contributed by atoms with Gasteiger partial charge in [-0.2, -0.15) is 0 Å². The number of carbonyl (C=O) groups excluding carboxylic acids is 1. The van der Waals surface area contributed by atoms with Gasteiger partial charge in [-0.25, -0.2) is 0 Å². The minimum atomic E-state index is -0.308. The Morgan fingerprint density at radius 1 is 1.29 bits per heavy atom. The average Bonchev–Trinajstić information content (AvgIpc) is 2.54. The number of fused-ring (bicyclic) bond motifs is 3. The second-order valence-electron chi connectivity index (χ2n) is 9.53. The third kappa shape index (κ3) is 1.90. The molecule has 132 valence electrons. The Bertz CT molecular complexity index is 605. The summed E-state index contributed by atoms with van der Waals surface area (Å²) >= 11 is 0. The Balaban J connectivity index is 1.78. The molecule has 0 radical (unpaired) electrons. The molecule has 5 fully saturated rings. The van der Waals surface area contributed by atoms with Crippen molar-refractivity contribution in [2.75, 3.05) is 6.61 Å². The van der Waals surface area contributed by atoms with Crippen LogP contribution in [0.2, 0.25) is 0 Å². The standard InChI is InChI=1S/C22H32O2/c1-13-9-16(6-8-23)12-21(4)18(13)11-20(24)22-7-5-17(10-19(21)22)14(2)15(22)3/h13,16-19,23H,2-3,5-12H2,1,4H3. The summed E-state index contributed by atoms with van der Waals surface area (Å²) in [6.45, 7) is 13.8. The van der Waals surface area contributed by atoms with E-state index in [4.69, 9.17) is 0 Å². The van der Waals surface area contributed by atoms with E-state index in [1.807, 2.05) is 0 Å². The molecule has 0 aliphatic heterocycles. The van der Waals surface area contributed by atoms with Crippen molar-refractivity contribution in [3.8, 4) is 0 Å². The van der Waals surface area contributed by atoms with Gasteiger partial charge >= 0.3 is 0 Å². The quantitative estimate of drug-likeness (QED) is 0.808. The predicted octanol–water partition coefficient (Wildman–Crippen LogP) is 4.54. The highest BCUT2D eigenvalue weighted by Gasteiger charge is 2.66. The minimum Gasteiger partial charge on any atom is -0.396 e. The lowest BCUT2D eigenvalue weighted by Crippen LogP contribution is -2.63. The second-order valence-corrected chi connectivity index (χ2v) is 9.53. The van der Waals surface area contributed by atoms with Crippen LogP contribution in [0.4, 0.5) is 0 Å². The molecule has 5 aliphatic carbocycles. The Kier molecular flexibility index (Phi) is 3.66. The fourth-order valence-electron chi connectivity index (χ4n) is 7.54. The van der Waals surface area contributed by atoms with Gasteiger partial charge in [0, 0.05) is 13.0 Å². The summed E-state index contributed by atoms with van der Waals surface area (Å²) < 4.78 is 0. The van der Waals surface area contributed by atoms with E-state index in [-0.39, 0.29) is 10.8 Å². The van der Waals surface area contributed by atoms with Gasteiger partial charge in [-0.05, 0) is 84.7 Å². The van der Waals surface area contributed by atoms with E-state index in [9.17, 15) is 9.90 Å². The van der Waals surface area contributed by atoms with E-state index in [2.05, 4.69) is 27.0 Å². The molecule has 7 unspecified atom stereocenters. The van der Waals surface area contributed by atoms with Crippen LogP contribution in [0.1, 0.15) is 58.8 Å². The van der Waals surface area contributed by atoms with Gasteiger partial charge in [0.25, 0.3) is 0 Å². The summed E-state index contributed by atoms with van der Waals surface area (Å²) in [6.07, 6.45) is 7.25. The van der Waals surface area contributed by atoms with Gasteiger partial charge in [0.2, 0.25) is 0 Å². The topological polar surface area (TPSA) is 37.3 Å². The maximum absolute atomic E-state index is 13.4. The summed E-state index contributed by atoms with van der Waals surface area (Å²) in [5, 5.41) is 9.46. The fraction of sp³-hybridized carbons (Fsp3) is 0.773.